The lowest BCUT2D eigenvalue weighted by molar-refractivity contribution is -0.133. The average Bonchev–Trinajstić information content (AvgIpc) is 3.66. The van der Waals surface area contributed by atoms with Gasteiger partial charge in [-0.15, -0.1) is 0 Å². The van der Waals surface area contributed by atoms with Crippen molar-refractivity contribution in [2.24, 2.45) is 17.6 Å². The summed E-state index contributed by atoms with van der Waals surface area (Å²) in [5.74, 6) is -1.73. The van der Waals surface area contributed by atoms with Crippen LogP contribution < -0.4 is 21.7 Å². The van der Waals surface area contributed by atoms with Crippen molar-refractivity contribution in [3.05, 3.63) is 102 Å². The predicted molar refractivity (Wildman–Crippen MR) is 206 cm³/mol. The number of benzene rings is 3. The lowest BCUT2D eigenvalue weighted by Gasteiger charge is -2.29. The Morgan fingerprint density at radius 1 is 0.796 bits per heavy atom. The van der Waals surface area contributed by atoms with Gasteiger partial charge in [0.05, 0.1) is 18.5 Å². The van der Waals surface area contributed by atoms with Crippen LogP contribution in [0.3, 0.4) is 0 Å². The number of carbonyl (C=O) groups is 4. The topological polar surface area (TPSA) is 209 Å². The largest absolute Gasteiger partial charge is 0.445 e. The molecule has 1 heterocycles. The first-order chi connectivity index (χ1) is 25.8. The normalized spacial score (nSPS) is 14.8. The molecule has 0 aliphatic heterocycles. The molecule has 13 nitrogen and oxygen atoms in total. The molecule has 3 aromatic carbocycles. The second-order valence-electron chi connectivity index (χ2n) is 14.7. The number of Topliss-reactive ketones (excluding diaryl/α,β-unsaturated/α-hetero) is 1. The lowest BCUT2D eigenvalue weighted by Crippen LogP contribution is -2.57. The smallest absolute Gasteiger partial charge is 0.408 e. The third-order valence-corrected chi connectivity index (χ3v) is 9.14. The Morgan fingerprint density at radius 3 is 2.13 bits per heavy atom. The van der Waals surface area contributed by atoms with E-state index in [9.17, 15) is 29.4 Å². The summed E-state index contributed by atoms with van der Waals surface area (Å²) < 4.78 is 5.47. The molecule has 0 spiro atoms. The predicted octanol–water partition coefficient (Wildman–Crippen LogP) is 3.71. The van der Waals surface area contributed by atoms with Gasteiger partial charge in [0.2, 0.25) is 11.8 Å². The summed E-state index contributed by atoms with van der Waals surface area (Å²) in [5.41, 5.74) is 8.17. The van der Waals surface area contributed by atoms with Gasteiger partial charge in [-0.3, -0.25) is 14.4 Å². The standard InChI is InChI=1S/C41H54N6O7/c1-25(2)17-32(42)38(50)37(49)21-36(48)33(18-26(3)4)45-40(52)35(20-30-22-43-24-44-30)46-39(51)34(47-41(53)54-23-27-11-6-5-7-12-27)19-29-15-10-14-28-13-8-9-16-31(28)29/h5-16,22,24-26,32-36,38,48,50H,17-21,23,42H2,1-4H3,(H,43,44)(H,45,52)(H,46,51)(H,47,53)/t32-,33?,34-,35-,36?,38?/m0/s1. The molecule has 0 radical (unpaired) electrons. The Kier molecular flexibility index (Phi) is 15.7. The highest BCUT2D eigenvalue weighted by Gasteiger charge is 2.33. The highest BCUT2D eigenvalue weighted by atomic mass is 16.5. The number of aromatic nitrogens is 2. The van der Waals surface area contributed by atoms with Gasteiger partial charge < -0.3 is 41.6 Å². The number of hydrogen-bond donors (Lipinski definition) is 7. The minimum absolute atomic E-state index is 0.00318. The molecule has 4 aromatic rings. The minimum Gasteiger partial charge on any atom is -0.445 e. The molecule has 4 rings (SSSR count). The van der Waals surface area contributed by atoms with Gasteiger partial charge in [0.15, 0.2) is 5.78 Å². The number of aromatic amines is 1. The van der Waals surface area contributed by atoms with Crippen molar-refractivity contribution in [2.45, 2.75) is 103 Å². The average molecular weight is 743 g/mol. The number of alkyl carbamates (subject to hydrolysis) is 1. The molecule has 0 aliphatic rings. The first-order valence-electron chi connectivity index (χ1n) is 18.5. The number of amides is 3. The summed E-state index contributed by atoms with van der Waals surface area (Å²) in [4.78, 5) is 61.3. The van der Waals surface area contributed by atoms with Crippen LogP contribution in [-0.2, 0) is 38.6 Å². The Hall–Kier alpha value is -5.11. The van der Waals surface area contributed by atoms with E-state index >= 15 is 0 Å². The zero-order chi connectivity index (χ0) is 39.2. The SMILES string of the molecule is CC(C)CC(NC(=O)[C@H](Cc1cnc[nH]1)NC(=O)[C@H](Cc1cccc2ccccc12)NC(=O)OCc1ccccc1)C(O)CC(=O)C(O)[C@@H](N)CC(C)C. The van der Waals surface area contributed by atoms with Gasteiger partial charge in [0, 0.05) is 37.2 Å². The van der Waals surface area contributed by atoms with Gasteiger partial charge in [-0.2, -0.15) is 0 Å². The quantitative estimate of drug-likeness (QED) is 0.0703. The molecule has 3 unspecified atom stereocenters. The minimum atomic E-state index is -1.46. The van der Waals surface area contributed by atoms with E-state index in [1.54, 1.807) is 0 Å². The maximum Gasteiger partial charge on any atom is 0.408 e. The number of aliphatic hydroxyl groups is 2. The second-order valence-corrected chi connectivity index (χ2v) is 14.7. The molecule has 54 heavy (non-hydrogen) atoms. The van der Waals surface area contributed by atoms with Crippen LogP contribution in [0.4, 0.5) is 4.79 Å². The highest BCUT2D eigenvalue weighted by Crippen LogP contribution is 2.21. The number of rotatable bonds is 20. The van der Waals surface area contributed by atoms with Crippen LogP contribution in [0.5, 0.6) is 0 Å². The molecule has 1 aromatic heterocycles. The zero-order valence-corrected chi connectivity index (χ0v) is 31.4. The number of fused-ring (bicyclic) bond motifs is 1. The molecule has 0 saturated heterocycles. The molecule has 0 fully saturated rings. The van der Waals surface area contributed by atoms with Gasteiger partial charge in [-0.1, -0.05) is 100 Å². The molecular weight excluding hydrogens is 688 g/mol. The second kappa shape index (κ2) is 20.4. The van der Waals surface area contributed by atoms with E-state index in [2.05, 4.69) is 25.9 Å². The molecular formula is C41H54N6O7. The molecule has 290 valence electrons. The van der Waals surface area contributed by atoms with E-state index in [4.69, 9.17) is 10.5 Å². The molecule has 13 heteroatoms. The summed E-state index contributed by atoms with van der Waals surface area (Å²) in [5, 5.41) is 32.0. The van der Waals surface area contributed by atoms with Gasteiger partial charge in [-0.25, -0.2) is 9.78 Å². The van der Waals surface area contributed by atoms with E-state index < -0.39 is 66.5 Å². The summed E-state index contributed by atoms with van der Waals surface area (Å²) in [6.07, 6.45) is -0.246. The lowest BCUT2D eigenvalue weighted by atomic mass is 9.91. The molecule has 6 atom stereocenters. The van der Waals surface area contributed by atoms with Crippen LogP contribution in [0, 0.1) is 11.8 Å². The molecule has 0 aliphatic carbocycles. The summed E-state index contributed by atoms with van der Waals surface area (Å²) in [7, 11) is 0. The van der Waals surface area contributed by atoms with Gasteiger partial charge in [-0.05, 0) is 46.6 Å². The van der Waals surface area contributed by atoms with Crippen molar-refractivity contribution in [1.82, 2.24) is 25.9 Å². The number of H-pyrrole nitrogens is 1. The van der Waals surface area contributed by atoms with Gasteiger partial charge in [0.25, 0.3) is 0 Å². The van der Waals surface area contributed by atoms with E-state index in [-0.39, 0.29) is 31.3 Å². The number of nitrogens with two attached hydrogens (primary N) is 1. The fourth-order valence-electron chi connectivity index (χ4n) is 6.39. The molecule has 0 bridgehead atoms. The van der Waals surface area contributed by atoms with Crippen LogP contribution in [-0.4, -0.2) is 80.2 Å². The Balaban J connectivity index is 1.55. The van der Waals surface area contributed by atoms with E-state index in [1.807, 2.05) is 100 Å². The van der Waals surface area contributed by atoms with E-state index in [0.29, 0.717) is 18.5 Å². The van der Waals surface area contributed by atoms with Crippen molar-refractivity contribution in [3.8, 4) is 0 Å². The fraction of sp³-hybridized carbons (Fsp3) is 0.439. The Labute approximate surface area is 316 Å². The van der Waals surface area contributed by atoms with Crippen molar-refractivity contribution in [2.75, 3.05) is 0 Å². The van der Waals surface area contributed by atoms with Crippen LogP contribution >= 0.6 is 0 Å². The number of aliphatic hydroxyl groups excluding tert-OH is 2. The first-order valence-corrected chi connectivity index (χ1v) is 18.5. The van der Waals surface area contributed by atoms with E-state index in [0.717, 1.165) is 21.9 Å². The molecule has 8 N–H and O–H groups in total. The highest BCUT2D eigenvalue weighted by molar-refractivity contribution is 5.93. The summed E-state index contributed by atoms with van der Waals surface area (Å²) >= 11 is 0. The summed E-state index contributed by atoms with van der Waals surface area (Å²) in [6, 6.07) is 18.5. The van der Waals surface area contributed by atoms with Crippen molar-refractivity contribution in [3.63, 3.8) is 0 Å². The van der Waals surface area contributed by atoms with Crippen molar-refractivity contribution in [1.29, 1.82) is 0 Å². The number of ether oxygens (including phenoxy) is 1. The number of nitrogens with one attached hydrogen (secondary N) is 4. The zero-order valence-electron chi connectivity index (χ0n) is 31.4. The van der Waals surface area contributed by atoms with Crippen LogP contribution in [0.15, 0.2) is 85.3 Å². The monoisotopic (exact) mass is 742 g/mol. The number of hydrogen-bond acceptors (Lipinski definition) is 9. The van der Waals surface area contributed by atoms with Crippen LogP contribution in [0.2, 0.25) is 0 Å². The van der Waals surface area contributed by atoms with Crippen LogP contribution in [0.25, 0.3) is 10.8 Å². The Bertz CT molecular complexity index is 1790. The third-order valence-electron chi connectivity index (χ3n) is 9.14. The van der Waals surface area contributed by atoms with Gasteiger partial charge >= 0.3 is 6.09 Å². The maximum absolute atomic E-state index is 14.2. The number of imidazole rings is 1. The van der Waals surface area contributed by atoms with Crippen molar-refractivity contribution >= 4 is 34.5 Å². The molecule has 0 saturated carbocycles. The van der Waals surface area contributed by atoms with Gasteiger partial charge in [0.1, 0.15) is 24.8 Å². The fourth-order valence-corrected chi connectivity index (χ4v) is 6.39. The number of ketones is 1. The number of nitrogens with zero attached hydrogens (tertiary/aromatic N) is 1. The molecule has 3 amide bonds. The third kappa shape index (κ3) is 12.8. The summed E-state index contributed by atoms with van der Waals surface area (Å²) in [6.45, 7) is 7.66. The first kappa shape index (κ1) is 41.6. The van der Waals surface area contributed by atoms with E-state index in [1.165, 1.54) is 12.5 Å². The Morgan fingerprint density at radius 2 is 1.44 bits per heavy atom. The maximum atomic E-state index is 14.2. The number of carbonyl (C=O) groups excluding carboxylic acids is 4. The van der Waals surface area contributed by atoms with Crippen molar-refractivity contribution < 1.29 is 34.1 Å². The van der Waals surface area contributed by atoms with Crippen LogP contribution in [0.1, 0.15) is 63.8 Å².